The lowest BCUT2D eigenvalue weighted by Crippen LogP contribution is -2.10. The molecule has 0 saturated heterocycles. The van der Waals surface area contributed by atoms with Crippen LogP contribution in [0.2, 0.25) is 0 Å². The molecule has 0 bridgehead atoms. The first kappa shape index (κ1) is 13.6. The van der Waals surface area contributed by atoms with Gasteiger partial charge in [-0.1, -0.05) is 12.1 Å². The molecule has 0 fully saturated rings. The smallest absolute Gasteiger partial charge is 0.356 e. The van der Waals surface area contributed by atoms with Crippen LogP contribution in [0.4, 0.5) is 0 Å². The Labute approximate surface area is 125 Å². The maximum Gasteiger partial charge on any atom is 0.356 e. The average molecular weight is 294 g/mol. The van der Waals surface area contributed by atoms with Crippen molar-refractivity contribution in [3.63, 3.8) is 0 Å². The Kier molecular flexibility index (Phi) is 3.20. The molecule has 22 heavy (non-hydrogen) atoms. The number of fused-ring (bicyclic) bond motifs is 1. The van der Waals surface area contributed by atoms with E-state index in [0.29, 0.717) is 11.3 Å². The van der Waals surface area contributed by atoms with Gasteiger partial charge in [0.05, 0.1) is 19.0 Å². The van der Waals surface area contributed by atoms with Crippen LogP contribution in [0.1, 0.15) is 16.1 Å². The Morgan fingerprint density at radius 1 is 1.41 bits per heavy atom. The van der Waals surface area contributed by atoms with Crippen molar-refractivity contribution in [2.24, 2.45) is 0 Å². The lowest BCUT2D eigenvalue weighted by atomic mass is 10.1. The fraction of sp³-hybridized carbons (Fsp3) is 0.0667. The van der Waals surface area contributed by atoms with E-state index in [9.17, 15) is 9.90 Å². The van der Waals surface area contributed by atoms with Crippen molar-refractivity contribution in [2.45, 2.75) is 0 Å². The summed E-state index contributed by atoms with van der Waals surface area (Å²) in [5, 5.41) is 23.1. The summed E-state index contributed by atoms with van der Waals surface area (Å²) in [7, 11) is 1.25. The standard InChI is InChI=1S/C15H10N4O3/c1-22-15(21)12-6-11(10-4-2-3-5-13(10)20)18-14-9(7-16)8-17-19(12)14/h2-6,8,20H,1H3. The number of para-hydroxylation sites is 1. The van der Waals surface area contributed by atoms with E-state index in [1.54, 1.807) is 18.2 Å². The van der Waals surface area contributed by atoms with Crippen LogP contribution in [0.5, 0.6) is 5.75 Å². The first-order valence-corrected chi connectivity index (χ1v) is 6.31. The topological polar surface area (TPSA) is 101 Å². The van der Waals surface area contributed by atoms with E-state index < -0.39 is 5.97 Å². The third kappa shape index (κ3) is 2.03. The van der Waals surface area contributed by atoms with Gasteiger partial charge >= 0.3 is 5.97 Å². The Balaban J connectivity index is 2.35. The molecule has 0 aliphatic carbocycles. The van der Waals surface area contributed by atoms with Crippen LogP contribution in [0.25, 0.3) is 16.9 Å². The molecule has 0 unspecified atom stereocenters. The van der Waals surface area contributed by atoms with Crippen molar-refractivity contribution in [2.75, 3.05) is 7.11 Å². The van der Waals surface area contributed by atoms with E-state index in [4.69, 9.17) is 10.00 Å². The molecule has 1 aromatic carbocycles. The molecule has 0 atom stereocenters. The van der Waals surface area contributed by atoms with E-state index in [0.717, 1.165) is 0 Å². The summed E-state index contributed by atoms with van der Waals surface area (Å²) < 4.78 is 5.98. The molecule has 108 valence electrons. The summed E-state index contributed by atoms with van der Waals surface area (Å²) >= 11 is 0. The SMILES string of the molecule is COC(=O)c1cc(-c2ccccc2O)nc2c(C#N)cnn12. The molecule has 2 heterocycles. The Morgan fingerprint density at radius 3 is 2.86 bits per heavy atom. The Bertz CT molecular complexity index is 924. The fourth-order valence-corrected chi connectivity index (χ4v) is 2.12. The van der Waals surface area contributed by atoms with Gasteiger partial charge in [0, 0.05) is 5.56 Å². The quantitative estimate of drug-likeness (QED) is 0.723. The van der Waals surface area contributed by atoms with Crippen molar-refractivity contribution < 1.29 is 14.6 Å². The van der Waals surface area contributed by atoms with Crippen LogP contribution in [-0.4, -0.2) is 32.8 Å². The molecule has 0 radical (unpaired) electrons. The number of carbonyl (C=O) groups excluding carboxylic acids is 1. The maximum atomic E-state index is 11.9. The zero-order valence-corrected chi connectivity index (χ0v) is 11.5. The van der Waals surface area contributed by atoms with Gasteiger partial charge in [0.1, 0.15) is 17.4 Å². The number of carbonyl (C=O) groups is 1. The largest absolute Gasteiger partial charge is 0.507 e. The number of nitriles is 1. The average Bonchev–Trinajstić information content (AvgIpc) is 2.96. The lowest BCUT2D eigenvalue weighted by molar-refractivity contribution is 0.0590. The summed E-state index contributed by atoms with van der Waals surface area (Å²) in [6, 6.07) is 10.0. The van der Waals surface area contributed by atoms with Gasteiger partial charge < -0.3 is 9.84 Å². The van der Waals surface area contributed by atoms with E-state index in [1.165, 1.54) is 30.0 Å². The van der Waals surface area contributed by atoms with Gasteiger partial charge in [-0.15, -0.1) is 0 Å². The van der Waals surface area contributed by atoms with E-state index in [2.05, 4.69) is 10.1 Å². The Hall–Kier alpha value is -3.40. The summed E-state index contributed by atoms with van der Waals surface area (Å²) in [6.07, 6.45) is 1.32. The van der Waals surface area contributed by atoms with Crippen molar-refractivity contribution in [3.05, 3.63) is 47.8 Å². The summed E-state index contributed by atoms with van der Waals surface area (Å²) in [6.45, 7) is 0. The summed E-state index contributed by atoms with van der Waals surface area (Å²) in [5.74, 6) is -0.593. The number of hydrogen-bond donors (Lipinski definition) is 1. The van der Waals surface area contributed by atoms with Crippen LogP contribution < -0.4 is 0 Å². The first-order chi connectivity index (χ1) is 10.7. The minimum atomic E-state index is -0.614. The highest BCUT2D eigenvalue weighted by Gasteiger charge is 2.18. The number of hydrogen-bond acceptors (Lipinski definition) is 6. The molecule has 0 aliphatic heterocycles. The van der Waals surface area contributed by atoms with Crippen LogP contribution in [-0.2, 0) is 4.74 Å². The molecule has 2 aromatic heterocycles. The molecule has 0 spiro atoms. The van der Waals surface area contributed by atoms with Gasteiger partial charge in [0.25, 0.3) is 0 Å². The number of aromatic hydroxyl groups is 1. The molecular weight excluding hydrogens is 284 g/mol. The molecule has 3 rings (SSSR count). The zero-order chi connectivity index (χ0) is 15.7. The van der Waals surface area contributed by atoms with Crippen LogP contribution in [0.15, 0.2) is 36.5 Å². The third-order valence-electron chi connectivity index (χ3n) is 3.17. The second-order valence-corrected chi connectivity index (χ2v) is 4.44. The van der Waals surface area contributed by atoms with Crippen molar-refractivity contribution >= 4 is 11.6 Å². The van der Waals surface area contributed by atoms with Crippen LogP contribution in [0, 0.1) is 11.3 Å². The fourth-order valence-electron chi connectivity index (χ4n) is 2.12. The van der Waals surface area contributed by atoms with Gasteiger partial charge in [-0.2, -0.15) is 10.4 Å². The minimum absolute atomic E-state index is 0.0215. The van der Waals surface area contributed by atoms with Crippen LogP contribution in [0.3, 0.4) is 0 Å². The molecule has 0 saturated carbocycles. The number of aromatic nitrogens is 3. The molecular formula is C15H10N4O3. The molecule has 0 aliphatic rings. The van der Waals surface area contributed by atoms with Gasteiger partial charge in [-0.05, 0) is 18.2 Å². The number of phenolic OH excluding ortho intramolecular Hbond substituents is 1. The van der Waals surface area contributed by atoms with Crippen molar-refractivity contribution in [1.82, 2.24) is 14.6 Å². The molecule has 7 heteroatoms. The minimum Gasteiger partial charge on any atom is -0.507 e. The van der Waals surface area contributed by atoms with E-state index >= 15 is 0 Å². The normalized spacial score (nSPS) is 10.4. The number of benzene rings is 1. The predicted molar refractivity (Wildman–Crippen MR) is 76.1 cm³/mol. The molecule has 0 amide bonds. The highest BCUT2D eigenvalue weighted by molar-refractivity contribution is 5.90. The molecule has 3 aromatic rings. The number of rotatable bonds is 2. The number of phenols is 1. The molecule has 7 nitrogen and oxygen atoms in total. The maximum absolute atomic E-state index is 11.9. The number of nitrogens with zero attached hydrogens (tertiary/aromatic N) is 4. The summed E-state index contributed by atoms with van der Waals surface area (Å²) in [5.41, 5.74) is 1.36. The van der Waals surface area contributed by atoms with Crippen molar-refractivity contribution in [3.8, 4) is 23.1 Å². The lowest BCUT2D eigenvalue weighted by Gasteiger charge is -2.08. The van der Waals surface area contributed by atoms with Crippen LogP contribution >= 0.6 is 0 Å². The first-order valence-electron chi connectivity index (χ1n) is 6.31. The Morgan fingerprint density at radius 2 is 2.18 bits per heavy atom. The number of ether oxygens (including phenoxy) is 1. The van der Waals surface area contributed by atoms with Gasteiger partial charge in [0.2, 0.25) is 0 Å². The van der Waals surface area contributed by atoms with E-state index in [1.807, 2.05) is 6.07 Å². The second kappa shape index (κ2) is 5.18. The van der Waals surface area contributed by atoms with Gasteiger partial charge in [0.15, 0.2) is 11.3 Å². The van der Waals surface area contributed by atoms with Gasteiger partial charge in [-0.3, -0.25) is 0 Å². The number of methoxy groups -OCH3 is 1. The third-order valence-corrected chi connectivity index (χ3v) is 3.17. The molecule has 1 N–H and O–H groups in total. The summed E-state index contributed by atoms with van der Waals surface area (Å²) in [4.78, 5) is 16.3. The second-order valence-electron chi connectivity index (χ2n) is 4.44. The highest BCUT2D eigenvalue weighted by atomic mass is 16.5. The number of esters is 1. The van der Waals surface area contributed by atoms with Gasteiger partial charge in [-0.25, -0.2) is 14.3 Å². The monoisotopic (exact) mass is 294 g/mol. The predicted octanol–water partition coefficient (Wildman–Crippen LogP) is 1.76. The zero-order valence-electron chi connectivity index (χ0n) is 11.5. The highest BCUT2D eigenvalue weighted by Crippen LogP contribution is 2.28. The van der Waals surface area contributed by atoms with Crippen molar-refractivity contribution in [1.29, 1.82) is 5.26 Å². The van der Waals surface area contributed by atoms with E-state index in [-0.39, 0.29) is 22.7 Å².